The Morgan fingerprint density at radius 3 is 2.10 bits per heavy atom. The maximum atomic E-state index is 10.9. The number of hydrogen-bond acceptors (Lipinski definition) is 2. The maximum Gasteiger partial charge on any atom is 0.307 e. The highest BCUT2D eigenvalue weighted by molar-refractivity contribution is 5.99. The van der Waals surface area contributed by atoms with Crippen LogP contribution in [0.1, 0.15) is 12.8 Å². The second kappa shape index (κ2) is 1.59. The van der Waals surface area contributed by atoms with E-state index < -0.39 is 5.97 Å². The van der Waals surface area contributed by atoms with Gasteiger partial charge in [0.2, 0.25) is 0 Å². The van der Waals surface area contributed by atoms with E-state index in [2.05, 4.69) is 0 Å². The van der Waals surface area contributed by atoms with Crippen LogP contribution in [0.5, 0.6) is 0 Å². The molecule has 3 fully saturated rings. The maximum absolute atomic E-state index is 10.9. The van der Waals surface area contributed by atoms with Gasteiger partial charge in [0.25, 0.3) is 0 Å². The number of hydrogen-bond donors (Lipinski definition) is 1. The monoisotopic (exact) mass is 140 g/mol. The molecular weight excluding hydrogens is 132 g/mol. The Bertz CT molecular complexity index is 195. The molecule has 0 radical (unpaired) electrons. The second-order valence-corrected chi connectivity index (χ2v) is 3.06. The fourth-order valence-corrected chi connectivity index (χ4v) is 2.14. The normalized spacial score (nSPS) is 43.2. The van der Waals surface area contributed by atoms with Gasteiger partial charge in [-0.1, -0.05) is 0 Å². The minimum Gasteiger partial charge on any atom is -0.481 e. The number of ketones is 1. The second-order valence-electron chi connectivity index (χ2n) is 3.06. The van der Waals surface area contributed by atoms with Crippen LogP contribution in [0.4, 0.5) is 0 Å². The van der Waals surface area contributed by atoms with Crippen LogP contribution in [-0.2, 0) is 9.59 Å². The van der Waals surface area contributed by atoms with Crippen molar-refractivity contribution in [2.45, 2.75) is 12.8 Å². The molecule has 0 aliphatic heterocycles. The number of carboxylic acid groups (broad SMARTS) is 1. The van der Waals surface area contributed by atoms with Crippen LogP contribution >= 0.6 is 0 Å². The highest BCUT2D eigenvalue weighted by Crippen LogP contribution is 2.50. The topological polar surface area (TPSA) is 54.4 Å². The van der Waals surface area contributed by atoms with Gasteiger partial charge in [-0.3, -0.25) is 9.59 Å². The minimum atomic E-state index is -0.785. The number of Topliss-reactive ketones (excluding diaryl/α,β-unsaturated/α-hetero) is 1. The summed E-state index contributed by atoms with van der Waals surface area (Å²) in [5.41, 5.74) is 0. The van der Waals surface area contributed by atoms with Gasteiger partial charge >= 0.3 is 5.97 Å². The molecule has 10 heavy (non-hydrogen) atoms. The highest BCUT2D eigenvalue weighted by atomic mass is 16.4. The molecule has 0 saturated heterocycles. The SMILES string of the molecule is O=C1C2CCC1C2C(=O)O. The van der Waals surface area contributed by atoms with Crippen LogP contribution in [0.15, 0.2) is 0 Å². The number of carboxylic acids is 1. The zero-order valence-corrected chi connectivity index (χ0v) is 5.41. The van der Waals surface area contributed by atoms with Crippen molar-refractivity contribution in [1.29, 1.82) is 0 Å². The van der Waals surface area contributed by atoms with Crippen LogP contribution in [0.25, 0.3) is 0 Å². The molecule has 0 amide bonds. The van der Waals surface area contributed by atoms with Crippen molar-refractivity contribution >= 4 is 11.8 Å². The third kappa shape index (κ3) is 0.462. The molecule has 1 N–H and O–H groups in total. The molecular formula is C7H8O3. The van der Waals surface area contributed by atoms with Crippen molar-refractivity contribution in [3.63, 3.8) is 0 Å². The molecule has 0 heterocycles. The van der Waals surface area contributed by atoms with E-state index in [9.17, 15) is 9.59 Å². The van der Waals surface area contributed by atoms with E-state index in [1.54, 1.807) is 0 Å². The van der Waals surface area contributed by atoms with E-state index in [4.69, 9.17) is 5.11 Å². The quantitative estimate of drug-likeness (QED) is 0.569. The summed E-state index contributed by atoms with van der Waals surface area (Å²) in [5, 5.41) is 8.58. The van der Waals surface area contributed by atoms with Gasteiger partial charge in [0.1, 0.15) is 5.78 Å². The first-order valence-electron chi connectivity index (χ1n) is 3.48. The molecule has 54 valence electrons. The molecule has 3 nitrogen and oxygen atoms in total. The Kier molecular flexibility index (Phi) is 0.938. The molecule has 0 aromatic rings. The van der Waals surface area contributed by atoms with Gasteiger partial charge in [0.05, 0.1) is 5.92 Å². The summed E-state index contributed by atoms with van der Waals surface area (Å²) in [5.74, 6) is -1.17. The predicted molar refractivity (Wildman–Crippen MR) is 32.3 cm³/mol. The molecule has 3 aliphatic carbocycles. The van der Waals surface area contributed by atoms with Crippen molar-refractivity contribution in [2.24, 2.45) is 17.8 Å². The van der Waals surface area contributed by atoms with E-state index in [0.717, 1.165) is 12.8 Å². The number of carbonyl (C=O) groups is 2. The van der Waals surface area contributed by atoms with Crippen molar-refractivity contribution in [2.75, 3.05) is 0 Å². The lowest BCUT2D eigenvalue weighted by atomic mass is 9.71. The molecule has 2 bridgehead atoms. The van der Waals surface area contributed by atoms with Gasteiger partial charge in [-0.05, 0) is 12.8 Å². The zero-order chi connectivity index (χ0) is 7.30. The van der Waals surface area contributed by atoms with Gasteiger partial charge < -0.3 is 5.11 Å². The molecule has 2 unspecified atom stereocenters. The molecule has 3 rings (SSSR count). The smallest absolute Gasteiger partial charge is 0.307 e. The molecule has 3 saturated carbocycles. The van der Waals surface area contributed by atoms with E-state index in [-0.39, 0.29) is 23.5 Å². The third-order valence-corrected chi connectivity index (χ3v) is 2.67. The van der Waals surface area contributed by atoms with Gasteiger partial charge in [0, 0.05) is 11.8 Å². The Morgan fingerprint density at radius 1 is 1.40 bits per heavy atom. The lowest BCUT2D eigenvalue weighted by Gasteiger charge is -2.29. The van der Waals surface area contributed by atoms with E-state index in [1.807, 2.05) is 0 Å². The van der Waals surface area contributed by atoms with E-state index in [0.29, 0.717) is 0 Å². The first-order chi connectivity index (χ1) is 4.72. The third-order valence-electron chi connectivity index (χ3n) is 2.67. The first-order valence-corrected chi connectivity index (χ1v) is 3.48. The molecule has 0 aromatic heterocycles. The summed E-state index contributed by atoms with van der Waals surface area (Å²) in [6, 6.07) is 0. The van der Waals surface area contributed by atoms with Gasteiger partial charge in [-0.15, -0.1) is 0 Å². The molecule has 2 atom stereocenters. The van der Waals surface area contributed by atoms with Crippen molar-refractivity contribution < 1.29 is 14.7 Å². The molecule has 0 spiro atoms. The summed E-state index contributed by atoms with van der Waals surface area (Å²) < 4.78 is 0. The number of rotatable bonds is 1. The summed E-state index contributed by atoms with van der Waals surface area (Å²) in [6.07, 6.45) is 1.61. The van der Waals surface area contributed by atoms with E-state index in [1.165, 1.54) is 0 Å². The fourth-order valence-electron chi connectivity index (χ4n) is 2.14. The van der Waals surface area contributed by atoms with Crippen LogP contribution in [-0.4, -0.2) is 16.9 Å². The summed E-state index contributed by atoms with van der Waals surface area (Å²) >= 11 is 0. The van der Waals surface area contributed by atoms with Gasteiger partial charge in [0.15, 0.2) is 0 Å². The van der Waals surface area contributed by atoms with Crippen molar-refractivity contribution in [3.05, 3.63) is 0 Å². The Labute approximate surface area is 58.0 Å². The van der Waals surface area contributed by atoms with Crippen molar-refractivity contribution in [3.8, 4) is 0 Å². The van der Waals surface area contributed by atoms with Crippen LogP contribution in [0.3, 0.4) is 0 Å². The first kappa shape index (κ1) is 5.89. The average Bonchev–Trinajstić information content (AvgIpc) is 2.40. The fraction of sp³-hybridized carbons (Fsp3) is 0.714. The summed E-state index contributed by atoms with van der Waals surface area (Å²) in [6.45, 7) is 0. The molecule has 0 aromatic carbocycles. The lowest BCUT2D eigenvalue weighted by molar-refractivity contribution is -0.157. The Hall–Kier alpha value is -0.860. The minimum absolute atomic E-state index is 0.123. The number of carbonyl (C=O) groups excluding carboxylic acids is 1. The van der Waals surface area contributed by atoms with E-state index >= 15 is 0 Å². The van der Waals surface area contributed by atoms with Crippen LogP contribution in [0, 0.1) is 17.8 Å². The van der Waals surface area contributed by atoms with Crippen LogP contribution < -0.4 is 0 Å². The Balaban J connectivity index is 2.20. The Morgan fingerprint density at radius 2 is 1.90 bits per heavy atom. The van der Waals surface area contributed by atoms with Crippen molar-refractivity contribution in [1.82, 2.24) is 0 Å². The predicted octanol–water partition coefficient (Wildman–Crippen LogP) is 0.296. The summed E-state index contributed by atoms with van der Waals surface area (Å²) in [7, 11) is 0. The zero-order valence-electron chi connectivity index (χ0n) is 5.41. The largest absolute Gasteiger partial charge is 0.481 e. The van der Waals surface area contributed by atoms with Gasteiger partial charge in [-0.2, -0.15) is 0 Å². The van der Waals surface area contributed by atoms with Gasteiger partial charge in [-0.25, -0.2) is 0 Å². The van der Waals surface area contributed by atoms with Crippen LogP contribution in [0.2, 0.25) is 0 Å². The standard InChI is InChI=1S/C7H8O3/c8-6-3-1-2-4(6)5(3)7(9)10/h3-5H,1-2H2,(H,9,10). The lowest BCUT2D eigenvalue weighted by Crippen LogP contribution is -2.44. The highest BCUT2D eigenvalue weighted by Gasteiger charge is 2.58. The number of fused-ring (bicyclic) bond motifs is 1. The average molecular weight is 140 g/mol. The number of aliphatic carboxylic acids is 1. The molecule has 3 heteroatoms. The molecule has 3 aliphatic rings. The summed E-state index contributed by atoms with van der Waals surface area (Å²) in [4.78, 5) is 21.3.